The van der Waals surface area contributed by atoms with Gasteiger partial charge in [0.15, 0.2) is 6.61 Å². The molecule has 0 aliphatic heterocycles. The second kappa shape index (κ2) is 7.12. The standard InChI is InChI=1S/C16H15NO5/c1-21-13-5-7-14(8-6-13)22-10-15(18)17-12-4-2-3-11(9-12)16(19)20/h2-9H,10H2,1H3,(H,17,18)(H,19,20). The van der Waals surface area contributed by atoms with Gasteiger partial charge < -0.3 is 19.9 Å². The van der Waals surface area contributed by atoms with E-state index in [1.165, 1.54) is 12.1 Å². The van der Waals surface area contributed by atoms with Crippen LogP contribution in [0.2, 0.25) is 0 Å². The number of amides is 1. The van der Waals surface area contributed by atoms with Crippen molar-refractivity contribution in [1.29, 1.82) is 0 Å². The lowest BCUT2D eigenvalue weighted by Gasteiger charge is -2.08. The number of methoxy groups -OCH3 is 1. The molecule has 2 aromatic carbocycles. The molecule has 0 aliphatic rings. The highest BCUT2D eigenvalue weighted by atomic mass is 16.5. The largest absolute Gasteiger partial charge is 0.497 e. The van der Waals surface area contributed by atoms with Crippen LogP contribution in [-0.4, -0.2) is 30.7 Å². The van der Waals surface area contributed by atoms with Crippen LogP contribution in [-0.2, 0) is 4.79 Å². The number of carbonyl (C=O) groups excluding carboxylic acids is 1. The van der Waals surface area contributed by atoms with Crippen LogP contribution in [0.5, 0.6) is 11.5 Å². The molecule has 114 valence electrons. The van der Waals surface area contributed by atoms with Crippen LogP contribution < -0.4 is 14.8 Å². The summed E-state index contributed by atoms with van der Waals surface area (Å²) in [4.78, 5) is 22.6. The quantitative estimate of drug-likeness (QED) is 0.856. The van der Waals surface area contributed by atoms with Crippen molar-refractivity contribution in [3.8, 4) is 11.5 Å². The van der Waals surface area contributed by atoms with Crippen molar-refractivity contribution in [1.82, 2.24) is 0 Å². The zero-order valence-corrected chi connectivity index (χ0v) is 11.9. The Hall–Kier alpha value is -3.02. The SMILES string of the molecule is COc1ccc(OCC(=O)Nc2cccc(C(=O)O)c2)cc1. The van der Waals surface area contributed by atoms with Crippen LogP contribution in [0.1, 0.15) is 10.4 Å². The highest BCUT2D eigenvalue weighted by Gasteiger charge is 2.07. The third-order valence-electron chi connectivity index (χ3n) is 2.82. The number of hydrogen-bond donors (Lipinski definition) is 2. The van der Waals surface area contributed by atoms with Crippen LogP contribution >= 0.6 is 0 Å². The Balaban J connectivity index is 1.89. The number of anilines is 1. The summed E-state index contributed by atoms with van der Waals surface area (Å²) < 4.78 is 10.4. The van der Waals surface area contributed by atoms with Gasteiger partial charge in [0.2, 0.25) is 0 Å². The van der Waals surface area contributed by atoms with E-state index < -0.39 is 5.97 Å². The number of aromatic carboxylic acids is 1. The fourth-order valence-corrected chi connectivity index (χ4v) is 1.75. The molecule has 0 fully saturated rings. The van der Waals surface area contributed by atoms with Crippen LogP contribution in [0.25, 0.3) is 0 Å². The molecule has 0 bridgehead atoms. The van der Waals surface area contributed by atoms with Crippen molar-refractivity contribution in [3.05, 3.63) is 54.1 Å². The van der Waals surface area contributed by atoms with Crippen LogP contribution in [0, 0.1) is 0 Å². The van der Waals surface area contributed by atoms with E-state index in [0.717, 1.165) is 0 Å². The zero-order chi connectivity index (χ0) is 15.9. The summed E-state index contributed by atoms with van der Waals surface area (Å²) in [5.41, 5.74) is 0.511. The highest BCUT2D eigenvalue weighted by Crippen LogP contribution is 2.17. The van der Waals surface area contributed by atoms with Gasteiger partial charge in [-0.2, -0.15) is 0 Å². The first-order valence-electron chi connectivity index (χ1n) is 6.48. The molecule has 0 saturated heterocycles. The molecular formula is C16H15NO5. The van der Waals surface area contributed by atoms with Gasteiger partial charge >= 0.3 is 5.97 Å². The maximum atomic E-state index is 11.8. The number of hydrogen-bond acceptors (Lipinski definition) is 4. The van der Waals surface area contributed by atoms with E-state index in [4.69, 9.17) is 14.6 Å². The van der Waals surface area contributed by atoms with Gasteiger partial charge in [0.05, 0.1) is 12.7 Å². The fraction of sp³-hybridized carbons (Fsp3) is 0.125. The molecule has 0 atom stereocenters. The highest BCUT2D eigenvalue weighted by molar-refractivity contribution is 5.94. The monoisotopic (exact) mass is 301 g/mol. The van der Waals surface area contributed by atoms with Crippen molar-refractivity contribution < 1.29 is 24.2 Å². The van der Waals surface area contributed by atoms with Crippen molar-refractivity contribution >= 4 is 17.6 Å². The molecule has 0 spiro atoms. The average Bonchev–Trinajstić information content (AvgIpc) is 2.53. The molecule has 0 saturated carbocycles. The summed E-state index contributed by atoms with van der Waals surface area (Å²) in [6.07, 6.45) is 0. The zero-order valence-electron chi connectivity index (χ0n) is 11.9. The molecule has 0 aliphatic carbocycles. The van der Waals surface area contributed by atoms with Crippen LogP contribution in [0.4, 0.5) is 5.69 Å². The molecule has 6 nitrogen and oxygen atoms in total. The summed E-state index contributed by atoms with van der Waals surface area (Å²) in [6.45, 7) is -0.177. The first kappa shape index (κ1) is 15.4. The summed E-state index contributed by atoms with van der Waals surface area (Å²) in [5.74, 6) is -0.193. The molecule has 0 heterocycles. The molecule has 0 aromatic heterocycles. The Kier molecular flexibility index (Phi) is 4.98. The third-order valence-corrected chi connectivity index (χ3v) is 2.82. The second-order valence-corrected chi connectivity index (χ2v) is 4.40. The topological polar surface area (TPSA) is 84.9 Å². The molecule has 0 unspecified atom stereocenters. The molecule has 2 aromatic rings. The lowest BCUT2D eigenvalue weighted by molar-refractivity contribution is -0.118. The van der Waals surface area contributed by atoms with Crippen molar-refractivity contribution in [2.24, 2.45) is 0 Å². The lowest BCUT2D eigenvalue weighted by atomic mass is 10.2. The van der Waals surface area contributed by atoms with E-state index in [2.05, 4.69) is 5.32 Å². The van der Waals surface area contributed by atoms with Gasteiger partial charge in [-0.15, -0.1) is 0 Å². The minimum atomic E-state index is -1.05. The number of rotatable bonds is 6. The Morgan fingerprint density at radius 2 is 1.77 bits per heavy atom. The Morgan fingerprint density at radius 1 is 1.09 bits per heavy atom. The van der Waals surface area contributed by atoms with E-state index in [9.17, 15) is 9.59 Å². The lowest BCUT2D eigenvalue weighted by Crippen LogP contribution is -2.20. The fourth-order valence-electron chi connectivity index (χ4n) is 1.75. The summed E-state index contributed by atoms with van der Waals surface area (Å²) >= 11 is 0. The number of carboxylic acid groups (broad SMARTS) is 1. The third kappa shape index (κ3) is 4.24. The van der Waals surface area contributed by atoms with Gasteiger partial charge in [-0.1, -0.05) is 6.07 Å². The summed E-state index contributed by atoms with van der Waals surface area (Å²) in [6, 6.07) is 12.8. The summed E-state index contributed by atoms with van der Waals surface area (Å²) in [7, 11) is 1.56. The number of nitrogens with one attached hydrogen (secondary N) is 1. The van der Waals surface area contributed by atoms with E-state index in [0.29, 0.717) is 17.2 Å². The van der Waals surface area contributed by atoms with Crippen molar-refractivity contribution in [2.75, 3.05) is 19.0 Å². The van der Waals surface area contributed by atoms with Crippen LogP contribution in [0.15, 0.2) is 48.5 Å². The second-order valence-electron chi connectivity index (χ2n) is 4.40. The number of carboxylic acids is 1. The van der Waals surface area contributed by atoms with E-state index in [1.807, 2.05) is 0 Å². The first-order valence-corrected chi connectivity index (χ1v) is 6.48. The smallest absolute Gasteiger partial charge is 0.335 e. The maximum Gasteiger partial charge on any atom is 0.335 e. The van der Waals surface area contributed by atoms with Gasteiger partial charge in [0.1, 0.15) is 11.5 Å². The maximum absolute atomic E-state index is 11.8. The van der Waals surface area contributed by atoms with Crippen LogP contribution in [0.3, 0.4) is 0 Å². The molecular weight excluding hydrogens is 286 g/mol. The van der Waals surface area contributed by atoms with Gasteiger partial charge in [0, 0.05) is 5.69 Å². The number of carbonyl (C=O) groups is 2. The molecule has 2 rings (SSSR count). The van der Waals surface area contributed by atoms with E-state index >= 15 is 0 Å². The normalized spacial score (nSPS) is 9.86. The van der Waals surface area contributed by atoms with Crippen molar-refractivity contribution in [2.45, 2.75) is 0 Å². The van der Waals surface area contributed by atoms with Crippen molar-refractivity contribution in [3.63, 3.8) is 0 Å². The minimum absolute atomic E-state index is 0.105. The van der Waals surface area contributed by atoms with Gasteiger partial charge in [-0.05, 0) is 42.5 Å². The molecule has 0 radical (unpaired) electrons. The average molecular weight is 301 g/mol. The Bertz CT molecular complexity index is 666. The number of ether oxygens (including phenoxy) is 2. The van der Waals surface area contributed by atoms with E-state index in [1.54, 1.807) is 43.5 Å². The minimum Gasteiger partial charge on any atom is -0.497 e. The predicted octanol–water partition coefficient (Wildman–Crippen LogP) is 2.41. The number of benzene rings is 2. The predicted molar refractivity (Wildman–Crippen MR) is 80.5 cm³/mol. The molecule has 1 amide bonds. The van der Waals surface area contributed by atoms with Gasteiger partial charge in [0.25, 0.3) is 5.91 Å². The Morgan fingerprint density at radius 3 is 2.41 bits per heavy atom. The molecule has 22 heavy (non-hydrogen) atoms. The van der Waals surface area contributed by atoms with Gasteiger partial charge in [-0.25, -0.2) is 4.79 Å². The van der Waals surface area contributed by atoms with Gasteiger partial charge in [-0.3, -0.25) is 4.79 Å². The molecule has 2 N–H and O–H groups in total. The first-order chi connectivity index (χ1) is 10.6. The summed E-state index contributed by atoms with van der Waals surface area (Å²) in [5, 5.41) is 11.5. The Labute approximate surface area is 127 Å². The van der Waals surface area contributed by atoms with E-state index in [-0.39, 0.29) is 18.1 Å². The molecule has 6 heteroatoms.